The van der Waals surface area contributed by atoms with Gasteiger partial charge in [-0.05, 0) is 37.1 Å². The number of hydrogen-bond donors (Lipinski definition) is 1. The highest BCUT2D eigenvalue weighted by Crippen LogP contribution is 2.27. The molecule has 1 N–H and O–H groups in total. The van der Waals surface area contributed by atoms with Crippen molar-refractivity contribution in [1.29, 1.82) is 0 Å². The molecule has 1 atom stereocenters. The van der Waals surface area contributed by atoms with Gasteiger partial charge in [0.05, 0.1) is 0 Å². The summed E-state index contributed by atoms with van der Waals surface area (Å²) < 4.78 is 39.7. The number of piperidine rings is 1. The Bertz CT molecular complexity index is 355. The summed E-state index contributed by atoms with van der Waals surface area (Å²) in [7, 11) is 0. The minimum absolute atomic E-state index is 0.169. The first-order valence-electron chi connectivity index (χ1n) is 5.64. The molecule has 2 nitrogen and oxygen atoms in total. The van der Waals surface area contributed by atoms with Crippen LogP contribution in [0.15, 0.2) is 24.3 Å². The highest BCUT2D eigenvalue weighted by Gasteiger charge is 2.31. The fraction of sp³-hybridized carbons (Fsp3) is 0.500. The van der Waals surface area contributed by atoms with E-state index in [-0.39, 0.29) is 11.8 Å². The first kappa shape index (κ1) is 12.2. The highest BCUT2D eigenvalue weighted by atomic mass is 19.4. The molecule has 1 saturated heterocycles. The topological polar surface area (TPSA) is 21.3 Å². The standard InChI is InChI=1S/C12H14F3NO/c13-12(14,15)17-10-6-4-9(5-7-10)11-3-1-2-8-16-11/h4-7,11,16H,1-3,8H2. The SMILES string of the molecule is FC(F)(F)Oc1ccc(C2CCCCN2)cc1. The van der Waals surface area contributed by atoms with Crippen LogP contribution in [0.1, 0.15) is 30.9 Å². The average Bonchev–Trinajstić information content (AvgIpc) is 2.29. The molecule has 0 radical (unpaired) electrons. The maximum absolute atomic E-state index is 12.0. The van der Waals surface area contributed by atoms with E-state index in [1.165, 1.54) is 12.1 Å². The van der Waals surface area contributed by atoms with Crippen molar-refractivity contribution in [3.63, 3.8) is 0 Å². The summed E-state index contributed by atoms with van der Waals surface area (Å²) in [5.74, 6) is -0.169. The van der Waals surface area contributed by atoms with Crippen molar-refractivity contribution in [1.82, 2.24) is 5.32 Å². The van der Waals surface area contributed by atoms with Crippen LogP contribution in [0.5, 0.6) is 5.75 Å². The van der Waals surface area contributed by atoms with Crippen LogP contribution in [0.25, 0.3) is 0 Å². The van der Waals surface area contributed by atoms with E-state index < -0.39 is 6.36 Å². The van der Waals surface area contributed by atoms with Gasteiger partial charge in [0.25, 0.3) is 0 Å². The van der Waals surface area contributed by atoms with Gasteiger partial charge in [0.1, 0.15) is 5.75 Å². The minimum atomic E-state index is -4.62. The second kappa shape index (κ2) is 4.96. The van der Waals surface area contributed by atoms with Crippen LogP contribution in [-0.2, 0) is 0 Å². The van der Waals surface area contributed by atoms with Crippen LogP contribution in [0.3, 0.4) is 0 Å². The van der Waals surface area contributed by atoms with Gasteiger partial charge in [-0.15, -0.1) is 13.2 Å². The zero-order valence-electron chi connectivity index (χ0n) is 9.26. The van der Waals surface area contributed by atoms with E-state index in [1.54, 1.807) is 12.1 Å². The van der Waals surface area contributed by atoms with Gasteiger partial charge < -0.3 is 10.1 Å². The number of rotatable bonds is 2. The van der Waals surface area contributed by atoms with Gasteiger partial charge in [-0.1, -0.05) is 18.6 Å². The van der Waals surface area contributed by atoms with Crippen molar-refractivity contribution in [3.05, 3.63) is 29.8 Å². The zero-order valence-corrected chi connectivity index (χ0v) is 9.26. The predicted octanol–water partition coefficient (Wildman–Crippen LogP) is 3.40. The Morgan fingerprint density at radius 3 is 2.35 bits per heavy atom. The molecule has 0 aliphatic carbocycles. The molecule has 0 amide bonds. The third-order valence-electron chi connectivity index (χ3n) is 2.83. The van der Waals surface area contributed by atoms with Crippen molar-refractivity contribution in [3.8, 4) is 5.75 Å². The second-order valence-electron chi connectivity index (χ2n) is 4.12. The lowest BCUT2D eigenvalue weighted by Crippen LogP contribution is -2.26. The van der Waals surface area contributed by atoms with Crippen molar-refractivity contribution < 1.29 is 17.9 Å². The lowest BCUT2D eigenvalue weighted by molar-refractivity contribution is -0.274. The van der Waals surface area contributed by atoms with E-state index in [2.05, 4.69) is 10.1 Å². The summed E-state index contributed by atoms with van der Waals surface area (Å²) in [4.78, 5) is 0. The second-order valence-corrected chi connectivity index (χ2v) is 4.12. The molecule has 1 aliphatic rings. The smallest absolute Gasteiger partial charge is 0.406 e. The first-order chi connectivity index (χ1) is 8.04. The summed E-state index contributed by atoms with van der Waals surface area (Å²) in [6, 6.07) is 6.34. The average molecular weight is 245 g/mol. The van der Waals surface area contributed by atoms with E-state index in [9.17, 15) is 13.2 Å². The highest BCUT2D eigenvalue weighted by molar-refractivity contribution is 5.29. The molecule has 2 rings (SSSR count). The Morgan fingerprint density at radius 2 is 1.82 bits per heavy atom. The fourth-order valence-corrected chi connectivity index (χ4v) is 2.04. The molecule has 1 aliphatic heterocycles. The fourth-order valence-electron chi connectivity index (χ4n) is 2.04. The molecule has 0 spiro atoms. The minimum Gasteiger partial charge on any atom is -0.406 e. The Hall–Kier alpha value is -1.23. The molecule has 5 heteroatoms. The van der Waals surface area contributed by atoms with E-state index in [1.807, 2.05) is 0 Å². The number of hydrogen-bond acceptors (Lipinski definition) is 2. The Kier molecular flexibility index (Phi) is 3.57. The molecular formula is C12H14F3NO. The number of ether oxygens (including phenoxy) is 1. The lowest BCUT2D eigenvalue weighted by Gasteiger charge is -2.24. The van der Waals surface area contributed by atoms with Crippen LogP contribution in [0.2, 0.25) is 0 Å². The van der Waals surface area contributed by atoms with Gasteiger partial charge >= 0.3 is 6.36 Å². The maximum atomic E-state index is 12.0. The molecule has 1 unspecified atom stereocenters. The van der Waals surface area contributed by atoms with Crippen molar-refractivity contribution in [2.24, 2.45) is 0 Å². The van der Waals surface area contributed by atoms with Gasteiger partial charge in [0, 0.05) is 6.04 Å². The van der Waals surface area contributed by atoms with Gasteiger partial charge in [-0.3, -0.25) is 0 Å². The molecule has 1 fully saturated rings. The first-order valence-corrected chi connectivity index (χ1v) is 5.64. The summed E-state index contributed by atoms with van der Waals surface area (Å²) in [5, 5.41) is 3.34. The summed E-state index contributed by atoms with van der Waals surface area (Å²) in [6.07, 6.45) is -1.28. The molecule has 1 aromatic rings. The van der Waals surface area contributed by atoms with Gasteiger partial charge in [-0.2, -0.15) is 0 Å². The molecule has 0 aromatic heterocycles. The molecule has 1 aromatic carbocycles. The third kappa shape index (κ3) is 3.63. The molecule has 1 heterocycles. The Labute approximate surface area is 97.8 Å². The van der Waals surface area contributed by atoms with Crippen molar-refractivity contribution >= 4 is 0 Å². The molecule has 0 saturated carbocycles. The van der Waals surface area contributed by atoms with Crippen LogP contribution in [0, 0.1) is 0 Å². The van der Waals surface area contributed by atoms with E-state index in [0.717, 1.165) is 31.4 Å². The summed E-state index contributed by atoms with van der Waals surface area (Å²) in [5.41, 5.74) is 1.01. The zero-order chi connectivity index (χ0) is 12.3. The largest absolute Gasteiger partial charge is 0.573 e. The van der Waals surface area contributed by atoms with E-state index in [0.29, 0.717) is 0 Å². The Morgan fingerprint density at radius 1 is 1.12 bits per heavy atom. The maximum Gasteiger partial charge on any atom is 0.573 e. The molecule has 17 heavy (non-hydrogen) atoms. The Balaban J connectivity index is 2.02. The van der Waals surface area contributed by atoms with Gasteiger partial charge in [0.15, 0.2) is 0 Å². The van der Waals surface area contributed by atoms with Crippen LogP contribution < -0.4 is 10.1 Å². The monoisotopic (exact) mass is 245 g/mol. The van der Waals surface area contributed by atoms with Crippen LogP contribution >= 0.6 is 0 Å². The van der Waals surface area contributed by atoms with Gasteiger partial charge in [0.2, 0.25) is 0 Å². The van der Waals surface area contributed by atoms with E-state index in [4.69, 9.17) is 0 Å². The quantitative estimate of drug-likeness (QED) is 0.862. The normalized spacial score (nSPS) is 21.2. The van der Waals surface area contributed by atoms with Gasteiger partial charge in [-0.25, -0.2) is 0 Å². The number of halogens is 3. The van der Waals surface area contributed by atoms with Crippen molar-refractivity contribution in [2.45, 2.75) is 31.7 Å². The summed E-state index contributed by atoms with van der Waals surface area (Å²) >= 11 is 0. The summed E-state index contributed by atoms with van der Waals surface area (Å²) in [6.45, 7) is 0.964. The number of benzene rings is 1. The van der Waals surface area contributed by atoms with Crippen LogP contribution in [0.4, 0.5) is 13.2 Å². The predicted molar refractivity (Wildman–Crippen MR) is 57.7 cm³/mol. The third-order valence-corrected chi connectivity index (χ3v) is 2.83. The molecule has 0 bridgehead atoms. The molecular weight excluding hydrogens is 231 g/mol. The molecule has 94 valence electrons. The number of nitrogens with one attached hydrogen (secondary N) is 1. The van der Waals surface area contributed by atoms with Crippen LogP contribution in [-0.4, -0.2) is 12.9 Å². The van der Waals surface area contributed by atoms with E-state index >= 15 is 0 Å². The lowest BCUT2D eigenvalue weighted by atomic mass is 9.98. The number of alkyl halides is 3. The van der Waals surface area contributed by atoms with Crippen molar-refractivity contribution in [2.75, 3.05) is 6.54 Å².